The Bertz CT molecular complexity index is 603. The Morgan fingerprint density at radius 1 is 1.26 bits per heavy atom. The highest BCUT2D eigenvalue weighted by atomic mass is 16.6. The molecule has 9 nitrogen and oxygen atoms in total. The number of amides is 1. The summed E-state index contributed by atoms with van der Waals surface area (Å²) in [6.07, 6.45) is -0.844. The quantitative estimate of drug-likeness (QED) is 0.552. The maximum absolute atomic E-state index is 11.3. The van der Waals surface area contributed by atoms with Gasteiger partial charge in [-0.05, 0) is 18.4 Å². The smallest absolute Gasteiger partial charge is 0.408 e. The number of carboxylic acid groups (broad SMARTS) is 2. The Morgan fingerprint density at radius 2 is 1.91 bits per heavy atom. The van der Waals surface area contributed by atoms with Crippen molar-refractivity contribution in [3.8, 4) is 0 Å². The molecule has 3 N–H and O–H groups in total. The lowest BCUT2D eigenvalue weighted by molar-refractivity contribution is -0.384. The normalized spacial score (nSPS) is 21.0. The fourth-order valence-electron chi connectivity index (χ4n) is 2.57. The Morgan fingerprint density at radius 3 is 2.43 bits per heavy atom. The number of nitrogens with one attached hydrogen (secondary N) is 1. The topological polar surface area (TPSA) is 133 Å². The lowest BCUT2D eigenvalue weighted by atomic mass is 9.96. The van der Waals surface area contributed by atoms with E-state index < -0.39 is 29.1 Å². The number of benzene rings is 1. The summed E-state index contributed by atoms with van der Waals surface area (Å²) in [6.45, 7) is 0.284. The van der Waals surface area contributed by atoms with Crippen molar-refractivity contribution in [1.82, 2.24) is 10.2 Å². The number of aliphatic carboxylic acids is 1. The second kappa shape index (κ2) is 7.05. The third-order valence-electron chi connectivity index (χ3n) is 3.87. The van der Waals surface area contributed by atoms with Crippen molar-refractivity contribution in [2.45, 2.75) is 25.6 Å². The predicted octanol–water partition coefficient (Wildman–Crippen LogP) is 1.49. The number of carboxylic acids is 1. The van der Waals surface area contributed by atoms with Gasteiger partial charge in [-0.1, -0.05) is 12.1 Å². The van der Waals surface area contributed by atoms with E-state index in [9.17, 15) is 24.8 Å². The molecule has 1 aliphatic heterocycles. The molecule has 1 aromatic carbocycles. The first-order valence-electron chi connectivity index (χ1n) is 7.07. The molecule has 0 radical (unpaired) electrons. The van der Waals surface area contributed by atoms with Crippen LogP contribution in [0.2, 0.25) is 0 Å². The maximum atomic E-state index is 11.3. The summed E-state index contributed by atoms with van der Waals surface area (Å²) in [6, 6.07) is 5.96. The highest BCUT2D eigenvalue weighted by Crippen LogP contribution is 2.21. The Labute approximate surface area is 131 Å². The number of non-ortho nitro benzene ring substituents is 1. The molecule has 1 aromatic rings. The van der Waals surface area contributed by atoms with E-state index in [-0.39, 0.29) is 12.2 Å². The number of likely N-dealkylation sites (tertiary alicyclic amines) is 1. The van der Waals surface area contributed by atoms with Crippen molar-refractivity contribution in [2.24, 2.45) is 5.92 Å². The average molecular weight is 323 g/mol. The van der Waals surface area contributed by atoms with Gasteiger partial charge >= 0.3 is 12.1 Å². The molecule has 1 amide bonds. The summed E-state index contributed by atoms with van der Waals surface area (Å²) in [5.41, 5.74) is 0.768. The van der Waals surface area contributed by atoms with Crippen LogP contribution in [0.3, 0.4) is 0 Å². The van der Waals surface area contributed by atoms with Crippen molar-refractivity contribution >= 4 is 17.7 Å². The van der Waals surface area contributed by atoms with Crippen molar-refractivity contribution in [3.05, 3.63) is 39.9 Å². The molecule has 0 bridgehead atoms. The van der Waals surface area contributed by atoms with Gasteiger partial charge in [0.05, 0.1) is 17.0 Å². The Kier molecular flexibility index (Phi) is 5.12. The van der Waals surface area contributed by atoms with Crippen molar-refractivity contribution in [3.63, 3.8) is 0 Å². The van der Waals surface area contributed by atoms with Crippen LogP contribution in [0.25, 0.3) is 0 Å². The molecule has 2 unspecified atom stereocenters. The number of nitro groups is 1. The van der Waals surface area contributed by atoms with E-state index in [1.54, 1.807) is 12.1 Å². The van der Waals surface area contributed by atoms with Crippen LogP contribution in [0.1, 0.15) is 18.4 Å². The molecule has 124 valence electrons. The van der Waals surface area contributed by atoms with Gasteiger partial charge in [0.25, 0.3) is 5.69 Å². The second-order valence-electron chi connectivity index (χ2n) is 5.37. The zero-order valence-corrected chi connectivity index (χ0v) is 12.2. The van der Waals surface area contributed by atoms with Crippen molar-refractivity contribution in [1.29, 1.82) is 0 Å². The van der Waals surface area contributed by atoms with Gasteiger partial charge in [-0.15, -0.1) is 0 Å². The number of rotatable bonds is 5. The molecule has 1 heterocycles. The number of carbonyl (C=O) groups is 2. The average Bonchev–Trinajstić information content (AvgIpc) is 2.52. The molecular formula is C14H17N3O6. The van der Waals surface area contributed by atoms with Crippen LogP contribution in [-0.2, 0) is 11.3 Å². The minimum atomic E-state index is -1.17. The number of nitrogens with zero attached hydrogens (tertiary/aromatic N) is 2. The van der Waals surface area contributed by atoms with E-state index in [1.165, 1.54) is 12.1 Å². The second-order valence-corrected chi connectivity index (χ2v) is 5.37. The molecular weight excluding hydrogens is 306 g/mol. The summed E-state index contributed by atoms with van der Waals surface area (Å²) in [7, 11) is 0. The molecule has 23 heavy (non-hydrogen) atoms. The molecule has 0 aliphatic carbocycles. The van der Waals surface area contributed by atoms with E-state index >= 15 is 0 Å². The van der Waals surface area contributed by atoms with Gasteiger partial charge in [0.2, 0.25) is 0 Å². The van der Waals surface area contributed by atoms with E-state index in [4.69, 9.17) is 5.11 Å². The predicted molar refractivity (Wildman–Crippen MR) is 78.8 cm³/mol. The summed E-state index contributed by atoms with van der Waals surface area (Å²) < 4.78 is 0. The largest absolute Gasteiger partial charge is 0.481 e. The standard InChI is InChI=1S/C14H17N3O6/c18-13(19)10-3-6-12(16(8-10)14(20)21)15-7-9-1-4-11(5-2-9)17(22)23/h1-2,4-5,10,12,15H,3,6-8H2,(H,18,19)(H,20,21). The van der Waals surface area contributed by atoms with Gasteiger partial charge in [-0.2, -0.15) is 0 Å². The first-order valence-corrected chi connectivity index (χ1v) is 7.07. The Balaban J connectivity index is 1.97. The van der Waals surface area contributed by atoms with Crippen LogP contribution in [0.4, 0.5) is 10.5 Å². The van der Waals surface area contributed by atoms with Gasteiger partial charge in [0.15, 0.2) is 0 Å². The van der Waals surface area contributed by atoms with Crippen molar-refractivity contribution < 1.29 is 24.7 Å². The van der Waals surface area contributed by atoms with E-state index in [1.807, 2.05) is 0 Å². The zero-order chi connectivity index (χ0) is 17.0. The highest BCUT2D eigenvalue weighted by Gasteiger charge is 2.34. The highest BCUT2D eigenvalue weighted by molar-refractivity contribution is 5.72. The fraction of sp³-hybridized carbons (Fsp3) is 0.429. The first-order chi connectivity index (χ1) is 10.9. The Hall–Kier alpha value is -2.68. The first kappa shape index (κ1) is 16.7. The molecule has 0 saturated carbocycles. The summed E-state index contributed by atoms with van der Waals surface area (Å²) in [5, 5.41) is 31.9. The molecule has 1 aliphatic rings. The summed E-state index contributed by atoms with van der Waals surface area (Å²) in [4.78, 5) is 33.5. The summed E-state index contributed by atoms with van der Waals surface area (Å²) in [5.74, 6) is -1.69. The molecule has 0 spiro atoms. The van der Waals surface area contributed by atoms with E-state index in [2.05, 4.69) is 5.32 Å². The SMILES string of the molecule is O=C(O)C1CCC(NCc2ccc([N+](=O)[O-])cc2)N(C(=O)O)C1. The van der Waals surface area contributed by atoms with E-state index in [0.29, 0.717) is 19.4 Å². The van der Waals surface area contributed by atoms with Crippen LogP contribution in [0.15, 0.2) is 24.3 Å². The lowest BCUT2D eigenvalue weighted by Crippen LogP contribution is -2.54. The monoisotopic (exact) mass is 323 g/mol. The van der Waals surface area contributed by atoms with Crippen LogP contribution < -0.4 is 5.32 Å². The fourth-order valence-corrected chi connectivity index (χ4v) is 2.57. The molecule has 2 atom stereocenters. The molecule has 1 fully saturated rings. The number of piperidine rings is 1. The van der Waals surface area contributed by atoms with Crippen LogP contribution in [0, 0.1) is 16.0 Å². The lowest BCUT2D eigenvalue weighted by Gasteiger charge is -2.36. The minimum Gasteiger partial charge on any atom is -0.481 e. The molecule has 1 saturated heterocycles. The van der Waals surface area contributed by atoms with Gasteiger partial charge in [-0.3, -0.25) is 25.1 Å². The number of hydrogen-bond donors (Lipinski definition) is 3. The maximum Gasteiger partial charge on any atom is 0.408 e. The third-order valence-corrected chi connectivity index (χ3v) is 3.87. The molecule has 9 heteroatoms. The van der Waals surface area contributed by atoms with Crippen LogP contribution >= 0.6 is 0 Å². The number of hydrogen-bond acceptors (Lipinski definition) is 5. The zero-order valence-electron chi connectivity index (χ0n) is 12.2. The summed E-state index contributed by atoms with van der Waals surface area (Å²) >= 11 is 0. The van der Waals surface area contributed by atoms with Gasteiger partial charge in [-0.25, -0.2) is 4.79 Å². The molecule has 2 rings (SSSR count). The molecule has 0 aromatic heterocycles. The minimum absolute atomic E-state index is 0.0112. The van der Waals surface area contributed by atoms with Crippen LogP contribution in [0.5, 0.6) is 0 Å². The van der Waals surface area contributed by atoms with Crippen LogP contribution in [-0.4, -0.2) is 44.8 Å². The van der Waals surface area contributed by atoms with Crippen molar-refractivity contribution in [2.75, 3.05) is 6.54 Å². The van der Waals surface area contributed by atoms with Gasteiger partial charge in [0.1, 0.15) is 0 Å². The third kappa shape index (κ3) is 4.16. The van der Waals surface area contributed by atoms with Gasteiger partial charge in [0, 0.05) is 25.2 Å². The van der Waals surface area contributed by atoms with E-state index in [0.717, 1.165) is 10.5 Å². The van der Waals surface area contributed by atoms with Gasteiger partial charge < -0.3 is 10.2 Å². The number of nitro benzene ring substituents is 1.